The summed E-state index contributed by atoms with van der Waals surface area (Å²) < 4.78 is 54.0. The second-order valence-electron chi connectivity index (χ2n) is 4.41. The molecule has 0 aliphatic carbocycles. The molecule has 0 atom stereocenters. The van der Waals surface area contributed by atoms with Crippen LogP contribution in [0.3, 0.4) is 0 Å². The fourth-order valence-electron chi connectivity index (χ4n) is 2.08. The number of imidazole rings is 1. The van der Waals surface area contributed by atoms with Crippen LogP contribution >= 0.6 is 0 Å². The van der Waals surface area contributed by atoms with Crippen molar-refractivity contribution in [2.75, 3.05) is 0 Å². The summed E-state index contributed by atoms with van der Waals surface area (Å²) in [5.74, 6) is -3.37. The lowest BCUT2D eigenvalue weighted by molar-refractivity contribution is 0.510. The van der Waals surface area contributed by atoms with E-state index in [1.165, 1.54) is 23.0 Å². The highest BCUT2D eigenvalue weighted by atomic mass is 19.2. The van der Waals surface area contributed by atoms with Crippen molar-refractivity contribution in [2.45, 2.75) is 6.54 Å². The summed E-state index contributed by atoms with van der Waals surface area (Å²) >= 11 is 0. The highest BCUT2D eigenvalue weighted by Gasteiger charge is 2.10. The van der Waals surface area contributed by atoms with Crippen LogP contribution in [-0.4, -0.2) is 9.55 Å². The monoisotopic (exact) mass is 280 g/mol. The summed E-state index contributed by atoms with van der Waals surface area (Å²) in [5.41, 5.74) is 1.00. The van der Waals surface area contributed by atoms with Crippen molar-refractivity contribution in [3.8, 4) is 0 Å². The third kappa shape index (κ3) is 2.24. The molecule has 0 aliphatic rings. The van der Waals surface area contributed by atoms with Crippen LogP contribution < -0.4 is 0 Å². The van der Waals surface area contributed by atoms with Gasteiger partial charge in [-0.1, -0.05) is 0 Å². The molecule has 20 heavy (non-hydrogen) atoms. The molecule has 0 N–H and O–H groups in total. The normalized spacial score (nSPS) is 11.2. The fraction of sp³-hybridized carbons (Fsp3) is 0.0714. The summed E-state index contributed by atoms with van der Waals surface area (Å²) in [6.45, 7) is 0.107. The van der Waals surface area contributed by atoms with Crippen LogP contribution in [0.4, 0.5) is 17.6 Å². The van der Waals surface area contributed by atoms with Gasteiger partial charge in [0.15, 0.2) is 11.6 Å². The summed E-state index contributed by atoms with van der Waals surface area (Å²) in [6, 6.07) is 5.11. The molecule has 0 fully saturated rings. The maximum atomic E-state index is 13.2. The number of nitrogens with zero attached hydrogens (tertiary/aromatic N) is 2. The van der Waals surface area contributed by atoms with Crippen LogP contribution in [0.25, 0.3) is 11.0 Å². The average Bonchev–Trinajstić information content (AvgIpc) is 2.71. The number of aromatic nitrogens is 2. The van der Waals surface area contributed by atoms with E-state index in [1.807, 2.05) is 0 Å². The van der Waals surface area contributed by atoms with Crippen molar-refractivity contribution >= 4 is 11.0 Å². The lowest BCUT2D eigenvalue weighted by Gasteiger charge is -2.05. The first-order valence-electron chi connectivity index (χ1n) is 5.78. The second kappa shape index (κ2) is 4.63. The minimum atomic E-state index is -0.996. The van der Waals surface area contributed by atoms with Crippen molar-refractivity contribution < 1.29 is 17.6 Å². The molecular formula is C14H8F4N2. The standard InChI is InChI=1S/C14H8F4N2/c15-9-1-8(2-10(16)3-9)6-20-7-19-13-4-11(17)12(18)5-14(13)20/h1-5,7H,6H2. The molecule has 2 aromatic carbocycles. The van der Waals surface area contributed by atoms with Crippen LogP contribution in [-0.2, 0) is 6.54 Å². The minimum Gasteiger partial charge on any atom is -0.326 e. The predicted octanol–water partition coefficient (Wildman–Crippen LogP) is 3.64. The van der Waals surface area contributed by atoms with E-state index in [0.717, 1.165) is 18.2 Å². The quantitative estimate of drug-likeness (QED) is 0.655. The number of hydrogen-bond donors (Lipinski definition) is 0. The Labute approximate surface area is 111 Å². The molecule has 1 heterocycles. The molecule has 0 bridgehead atoms. The number of fused-ring (bicyclic) bond motifs is 1. The SMILES string of the molecule is Fc1cc(F)cc(Cn2cnc3cc(F)c(F)cc32)c1. The lowest BCUT2D eigenvalue weighted by Crippen LogP contribution is -2.00. The van der Waals surface area contributed by atoms with Gasteiger partial charge in [-0.05, 0) is 17.7 Å². The van der Waals surface area contributed by atoms with Crippen LogP contribution in [0.5, 0.6) is 0 Å². The average molecular weight is 280 g/mol. The van der Waals surface area contributed by atoms with Crippen LogP contribution in [0.1, 0.15) is 5.56 Å². The second-order valence-corrected chi connectivity index (χ2v) is 4.41. The molecule has 102 valence electrons. The molecule has 0 spiro atoms. The van der Waals surface area contributed by atoms with Gasteiger partial charge in [-0.3, -0.25) is 0 Å². The van der Waals surface area contributed by atoms with Gasteiger partial charge >= 0.3 is 0 Å². The first-order valence-corrected chi connectivity index (χ1v) is 5.78. The molecule has 1 aromatic heterocycles. The predicted molar refractivity (Wildman–Crippen MR) is 65.1 cm³/mol. The maximum Gasteiger partial charge on any atom is 0.161 e. The number of halogens is 4. The molecule has 3 aromatic rings. The Bertz CT molecular complexity index is 775. The topological polar surface area (TPSA) is 17.8 Å². The highest BCUT2D eigenvalue weighted by Crippen LogP contribution is 2.19. The van der Waals surface area contributed by atoms with E-state index in [4.69, 9.17) is 0 Å². The summed E-state index contributed by atoms with van der Waals surface area (Å²) in [7, 11) is 0. The van der Waals surface area contributed by atoms with E-state index in [-0.39, 0.29) is 12.1 Å². The molecule has 0 radical (unpaired) electrons. The first kappa shape index (κ1) is 12.7. The molecule has 2 nitrogen and oxygen atoms in total. The Morgan fingerprint density at radius 3 is 2.20 bits per heavy atom. The summed E-state index contributed by atoms with van der Waals surface area (Å²) in [5, 5.41) is 0. The summed E-state index contributed by atoms with van der Waals surface area (Å²) in [4.78, 5) is 3.93. The lowest BCUT2D eigenvalue weighted by atomic mass is 10.2. The van der Waals surface area contributed by atoms with Gasteiger partial charge in [-0.15, -0.1) is 0 Å². The molecule has 0 amide bonds. The first-order chi connectivity index (χ1) is 9.52. The Morgan fingerprint density at radius 1 is 0.850 bits per heavy atom. The zero-order valence-electron chi connectivity index (χ0n) is 10.1. The van der Waals surface area contributed by atoms with E-state index < -0.39 is 23.3 Å². The van der Waals surface area contributed by atoms with Gasteiger partial charge in [0.25, 0.3) is 0 Å². The number of rotatable bonds is 2. The smallest absolute Gasteiger partial charge is 0.161 e. The molecule has 0 aliphatic heterocycles. The highest BCUT2D eigenvalue weighted by molar-refractivity contribution is 5.75. The summed E-state index contributed by atoms with van der Waals surface area (Å²) in [6.07, 6.45) is 1.37. The van der Waals surface area contributed by atoms with Crippen molar-refractivity contribution in [3.63, 3.8) is 0 Å². The number of benzene rings is 2. The molecule has 3 rings (SSSR count). The Balaban J connectivity index is 2.04. The Morgan fingerprint density at radius 2 is 1.50 bits per heavy atom. The van der Waals surface area contributed by atoms with Gasteiger partial charge in [0.1, 0.15) is 11.6 Å². The van der Waals surface area contributed by atoms with Crippen molar-refractivity contribution in [2.24, 2.45) is 0 Å². The minimum absolute atomic E-state index is 0.107. The van der Waals surface area contributed by atoms with E-state index >= 15 is 0 Å². The molecule has 0 saturated carbocycles. The van der Waals surface area contributed by atoms with Gasteiger partial charge in [0.2, 0.25) is 0 Å². The largest absolute Gasteiger partial charge is 0.326 e. The Hall–Kier alpha value is -2.37. The van der Waals surface area contributed by atoms with E-state index in [1.54, 1.807) is 0 Å². The van der Waals surface area contributed by atoms with Crippen molar-refractivity contribution in [3.05, 3.63) is 65.5 Å². The van der Waals surface area contributed by atoms with Crippen LogP contribution in [0.2, 0.25) is 0 Å². The third-order valence-corrected chi connectivity index (χ3v) is 2.94. The van der Waals surface area contributed by atoms with Crippen LogP contribution in [0, 0.1) is 23.3 Å². The molecule has 6 heteroatoms. The van der Waals surface area contributed by atoms with E-state index in [9.17, 15) is 17.6 Å². The van der Waals surface area contributed by atoms with Gasteiger partial charge in [-0.25, -0.2) is 22.5 Å². The maximum absolute atomic E-state index is 13.2. The van der Waals surface area contributed by atoms with Gasteiger partial charge in [0.05, 0.1) is 17.4 Å². The third-order valence-electron chi connectivity index (χ3n) is 2.94. The van der Waals surface area contributed by atoms with E-state index in [0.29, 0.717) is 11.1 Å². The molecule has 0 saturated heterocycles. The fourth-order valence-corrected chi connectivity index (χ4v) is 2.08. The van der Waals surface area contributed by atoms with Gasteiger partial charge in [0, 0.05) is 24.7 Å². The van der Waals surface area contributed by atoms with Crippen molar-refractivity contribution in [1.82, 2.24) is 9.55 Å². The van der Waals surface area contributed by atoms with Crippen molar-refractivity contribution in [1.29, 1.82) is 0 Å². The number of hydrogen-bond acceptors (Lipinski definition) is 1. The zero-order chi connectivity index (χ0) is 14.3. The zero-order valence-corrected chi connectivity index (χ0v) is 10.1. The van der Waals surface area contributed by atoms with Crippen LogP contribution in [0.15, 0.2) is 36.7 Å². The van der Waals surface area contributed by atoms with Gasteiger partial charge < -0.3 is 4.57 Å². The molecule has 0 unspecified atom stereocenters. The van der Waals surface area contributed by atoms with Gasteiger partial charge in [-0.2, -0.15) is 0 Å². The molecular weight excluding hydrogens is 272 g/mol. The Kier molecular flexibility index (Phi) is 2.93. The van der Waals surface area contributed by atoms with E-state index in [2.05, 4.69) is 4.98 Å².